The van der Waals surface area contributed by atoms with Crippen LogP contribution < -0.4 is 10.6 Å². The fourth-order valence-electron chi connectivity index (χ4n) is 2.40. The Kier molecular flexibility index (Phi) is 5.11. The number of fused-ring (bicyclic) bond motifs is 1. The van der Waals surface area contributed by atoms with E-state index in [1.807, 2.05) is 11.8 Å². The molecule has 7 nitrogen and oxygen atoms in total. The quantitative estimate of drug-likeness (QED) is 0.337. The van der Waals surface area contributed by atoms with Crippen molar-refractivity contribution < 1.29 is 24.2 Å². The van der Waals surface area contributed by atoms with Crippen LogP contribution in [-0.2, 0) is 19.4 Å². The molecule has 2 saturated heterocycles. The second-order valence-corrected chi connectivity index (χ2v) is 6.17. The van der Waals surface area contributed by atoms with Crippen LogP contribution in [0.1, 0.15) is 32.6 Å². The van der Waals surface area contributed by atoms with E-state index in [4.69, 9.17) is 0 Å². The Morgan fingerprint density at radius 2 is 2.10 bits per heavy atom. The molecule has 2 aliphatic rings. The van der Waals surface area contributed by atoms with E-state index in [1.165, 1.54) is 6.92 Å². The van der Waals surface area contributed by atoms with Gasteiger partial charge in [-0.15, -0.1) is 0 Å². The summed E-state index contributed by atoms with van der Waals surface area (Å²) in [6.45, 7) is 1.17. The van der Waals surface area contributed by atoms with Crippen molar-refractivity contribution in [2.45, 2.75) is 49.9 Å². The lowest BCUT2D eigenvalue weighted by Crippen LogP contribution is -2.36. The Morgan fingerprint density at radius 1 is 1.30 bits per heavy atom. The van der Waals surface area contributed by atoms with Gasteiger partial charge in [0.05, 0.1) is 18.5 Å². The third-order valence-corrected chi connectivity index (χ3v) is 4.82. The lowest BCUT2D eigenvalue weighted by Gasteiger charge is -2.16. The van der Waals surface area contributed by atoms with Gasteiger partial charge in [0.25, 0.3) is 0 Å². The fraction of sp³-hybridized carbons (Fsp3) is 0.750. The van der Waals surface area contributed by atoms with Crippen LogP contribution in [0.5, 0.6) is 0 Å². The van der Waals surface area contributed by atoms with Gasteiger partial charge in [-0.25, -0.2) is 24.2 Å². The summed E-state index contributed by atoms with van der Waals surface area (Å²) in [4.78, 5) is 41.3. The van der Waals surface area contributed by atoms with Gasteiger partial charge >= 0.3 is 18.0 Å². The average Bonchev–Trinajstić information content (AvgIpc) is 2.92. The first-order chi connectivity index (χ1) is 9.56. The Morgan fingerprint density at radius 3 is 2.85 bits per heavy atom. The second kappa shape index (κ2) is 6.83. The monoisotopic (exact) mass is 302 g/mol. The topological polar surface area (TPSA) is 93.7 Å². The number of nitrogens with one attached hydrogen (secondary N) is 2. The van der Waals surface area contributed by atoms with Crippen LogP contribution in [0.3, 0.4) is 0 Å². The summed E-state index contributed by atoms with van der Waals surface area (Å²) in [5.74, 6) is -0.244. The van der Waals surface area contributed by atoms with Crippen molar-refractivity contribution in [3.63, 3.8) is 0 Å². The number of unbranched alkanes of at least 4 members (excludes halogenated alkanes) is 1. The molecule has 20 heavy (non-hydrogen) atoms. The van der Waals surface area contributed by atoms with E-state index in [0.29, 0.717) is 11.7 Å². The Hall–Kier alpha value is -1.44. The van der Waals surface area contributed by atoms with Crippen molar-refractivity contribution in [1.29, 1.82) is 0 Å². The standard InChI is InChI=1S/C12H18N2O5S/c1-7(15)18-19-10(16)5-3-2-4-9-11-8(6-20-9)13-12(17)14-11/h8-9,11H,2-6H2,1H3,(H2,13,14,17)/t8-,9-,11-/m1/s1. The molecule has 0 bridgehead atoms. The minimum absolute atomic E-state index is 0.0877. The molecule has 0 saturated carbocycles. The molecule has 2 heterocycles. The van der Waals surface area contributed by atoms with Gasteiger partial charge in [0.15, 0.2) is 0 Å². The van der Waals surface area contributed by atoms with Gasteiger partial charge in [0.1, 0.15) is 0 Å². The van der Waals surface area contributed by atoms with Gasteiger partial charge in [0, 0.05) is 17.9 Å². The van der Waals surface area contributed by atoms with E-state index in [0.717, 1.165) is 18.6 Å². The summed E-state index contributed by atoms with van der Waals surface area (Å²) in [6, 6.07) is 0.335. The fourth-order valence-corrected chi connectivity index (χ4v) is 3.95. The van der Waals surface area contributed by atoms with Gasteiger partial charge in [-0.1, -0.05) is 6.42 Å². The number of hydrogen-bond donors (Lipinski definition) is 2. The van der Waals surface area contributed by atoms with Crippen molar-refractivity contribution in [3.05, 3.63) is 0 Å². The van der Waals surface area contributed by atoms with Crippen molar-refractivity contribution in [2.24, 2.45) is 0 Å². The van der Waals surface area contributed by atoms with Crippen LogP contribution in [0.2, 0.25) is 0 Å². The van der Waals surface area contributed by atoms with Gasteiger partial charge in [0.2, 0.25) is 0 Å². The molecule has 0 aromatic carbocycles. The Balaban J connectivity index is 1.58. The van der Waals surface area contributed by atoms with E-state index in [1.54, 1.807) is 0 Å². The van der Waals surface area contributed by atoms with Crippen LogP contribution in [0.15, 0.2) is 0 Å². The number of amides is 2. The molecule has 0 aliphatic carbocycles. The first-order valence-corrected chi connectivity index (χ1v) is 7.67. The molecule has 2 N–H and O–H groups in total. The third-order valence-electron chi connectivity index (χ3n) is 3.31. The largest absolute Gasteiger partial charge is 0.355 e. The molecule has 3 atom stereocenters. The minimum Gasteiger partial charge on any atom is -0.332 e. The van der Waals surface area contributed by atoms with Crippen molar-refractivity contribution >= 4 is 29.7 Å². The van der Waals surface area contributed by atoms with E-state index in [-0.39, 0.29) is 24.5 Å². The zero-order valence-electron chi connectivity index (χ0n) is 11.2. The first-order valence-electron chi connectivity index (χ1n) is 6.63. The maximum absolute atomic E-state index is 11.2. The highest BCUT2D eigenvalue weighted by Crippen LogP contribution is 2.33. The van der Waals surface area contributed by atoms with E-state index < -0.39 is 11.9 Å². The number of rotatable bonds is 5. The predicted octanol–water partition coefficient (Wildman–Crippen LogP) is 0.733. The summed E-state index contributed by atoms with van der Waals surface area (Å²) in [6.07, 6.45) is 2.71. The van der Waals surface area contributed by atoms with Crippen molar-refractivity contribution in [2.75, 3.05) is 5.75 Å². The molecular formula is C12H18N2O5S. The number of urea groups is 1. The number of carbonyl (C=O) groups excluding carboxylic acids is 3. The average molecular weight is 302 g/mol. The maximum Gasteiger partial charge on any atom is 0.355 e. The molecule has 0 radical (unpaired) electrons. The molecular weight excluding hydrogens is 284 g/mol. The molecule has 0 spiro atoms. The summed E-state index contributed by atoms with van der Waals surface area (Å²) in [5.41, 5.74) is 0. The summed E-state index contributed by atoms with van der Waals surface area (Å²) >= 11 is 1.85. The van der Waals surface area contributed by atoms with Crippen LogP contribution >= 0.6 is 11.8 Å². The maximum atomic E-state index is 11.2. The smallest absolute Gasteiger partial charge is 0.332 e. The molecule has 2 amide bonds. The number of thioether (sulfide) groups is 1. The lowest BCUT2D eigenvalue weighted by molar-refractivity contribution is -0.257. The van der Waals surface area contributed by atoms with Crippen molar-refractivity contribution in [1.82, 2.24) is 10.6 Å². The zero-order valence-corrected chi connectivity index (χ0v) is 12.0. The number of hydrogen-bond acceptors (Lipinski definition) is 6. The predicted molar refractivity (Wildman–Crippen MR) is 71.8 cm³/mol. The SMILES string of the molecule is CC(=O)OOC(=O)CCCC[C@H]1SC[C@H]2NC(=O)N[C@H]21. The Bertz CT molecular complexity index is 403. The van der Waals surface area contributed by atoms with Gasteiger partial charge < -0.3 is 10.6 Å². The summed E-state index contributed by atoms with van der Waals surface area (Å²) in [5, 5.41) is 6.21. The molecule has 2 rings (SSSR count). The van der Waals surface area contributed by atoms with Crippen molar-refractivity contribution in [3.8, 4) is 0 Å². The van der Waals surface area contributed by atoms with Gasteiger partial charge in [-0.2, -0.15) is 11.8 Å². The van der Waals surface area contributed by atoms with Crippen LogP contribution in [0.4, 0.5) is 4.79 Å². The highest BCUT2D eigenvalue weighted by molar-refractivity contribution is 8.00. The highest BCUT2D eigenvalue weighted by Gasteiger charge is 2.42. The van der Waals surface area contributed by atoms with Crippen LogP contribution in [0, 0.1) is 0 Å². The van der Waals surface area contributed by atoms with E-state index in [2.05, 4.69) is 20.4 Å². The normalized spacial score (nSPS) is 27.4. The molecule has 2 fully saturated rings. The van der Waals surface area contributed by atoms with E-state index >= 15 is 0 Å². The van der Waals surface area contributed by atoms with Gasteiger partial charge in [-0.3, -0.25) is 0 Å². The summed E-state index contributed by atoms with van der Waals surface area (Å²) < 4.78 is 0. The second-order valence-electron chi connectivity index (χ2n) is 4.90. The zero-order chi connectivity index (χ0) is 14.5. The summed E-state index contributed by atoms with van der Waals surface area (Å²) in [7, 11) is 0. The van der Waals surface area contributed by atoms with Crippen LogP contribution in [0.25, 0.3) is 0 Å². The van der Waals surface area contributed by atoms with Gasteiger partial charge in [-0.05, 0) is 12.8 Å². The third kappa shape index (κ3) is 4.03. The van der Waals surface area contributed by atoms with E-state index in [9.17, 15) is 14.4 Å². The first kappa shape index (κ1) is 15.0. The number of carbonyl (C=O) groups is 3. The molecule has 0 aromatic heterocycles. The minimum atomic E-state index is -0.642. The highest BCUT2D eigenvalue weighted by atomic mass is 32.2. The molecule has 8 heteroatoms. The molecule has 0 unspecified atom stereocenters. The lowest BCUT2D eigenvalue weighted by atomic mass is 10.0. The van der Waals surface area contributed by atoms with Crippen LogP contribution in [-0.4, -0.2) is 41.1 Å². The molecule has 2 aliphatic heterocycles. The Labute approximate surface area is 121 Å². The molecule has 112 valence electrons. The molecule has 0 aromatic rings.